The molecule has 0 fully saturated rings. The first-order valence-corrected chi connectivity index (χ1v) is 10.4. The van der Waals surface area contributed by atoms with Crippen molar-refractivity contribution in [2.24, 2.45) is 17.1 Å². The Bertz CT molecular complexity index is 1040. The van der Waals surface area contributed by atoms with Gasteiger partial charge in [0.2, 0.25) is 0 Å². The van der Waals surface area contributed by atoms with Crippen LogP contribution in [0.3, 0.4) is 0 Å². The van der Waals surface area contributed by atoms with E-state index in [0.717, 1.165) is 17.7 Å². The van der Waals surface area contributed by atoms with E-state index in [2.05, 4.69) is 30.0 Å². The highest BCUT2D eigenvalue weighted by atomic mass is 16.5. The van der Waals surface area contributed by atoms with Gasteiger partial charge in [0.25, 0.3) is 0 Å². The summed E-state index contributed by atoms with van der Waals surface area (Å²) in [6.45, 7) is 8.07. The highest BCUT2D eigenvalue weighted by Crippen LogP contribution is 2.54. The Hall–Kier alpha value is -3.47. The van der Waals surface area contributed by atoms with Gasteiger partial charge in [-0.15, -0.1) is 0 Å². The second-order valence-electron chi connectivity index (χ2n) is 8.10. The molecule has 1 aromatic rings. The van der Waals surface area contributed by atoms with Crippen LogP contribution in [0.15, 0.2) is 41.1 Å². The van der Waals surface area contributed by atoms with Crippen LogP contribution < -0.4 is 15.2 Å². The SMILES string of the molecule is CCN1CC=C2C(C#N)=C(N)C(C#N)(C#N)[C@@H](c3ccc(OC(C)C)c(OC)c3)[C@H]2C1. The Labute approximate surface area is 183 Å². The van der Waals surface area contributed by atoms with Crippen LogP contribution in [-0.4, -0.2) is 37.7 Å². The summed E-state index contributed by atoms with van der Waals surface area (Å²) in [4.78, 5) is 2.23. The van der Waals surface area contributed by atoms with Crippen molar-refractivity contribution >= 4 is 0 Å². The molecule has 3 rings (SSSR count). The molecule has 31 heavy (non-hydrogen) atoms. The molecule has 2 atom stereocenters. The quantitative estimate of drug-likeness (QED) is 0.781. The second kappa shape index (κ2) is 8.72. The molecule has 0 radical (unpaired) electrons. The second-order valence-corrected chi connectivity index (χ2v) is 8.10. The first kappa shape index (κ1) is 22.2. The summed E-state index contributed by atoms with van der Waals surface area (Å²) in [6, 6.07) is 12.0. The molecule has 0 saturated heterocycles. The third-order valence-electron chi connectivity index (χ3n) is 6.10. The molecule has 2 aliphatic rings. The van der Waals surface area contributed by atoms with Crippen molar-refractivity contribution in [3.63, 3.8) is 0 Å². The molecule has 0 spiro atoms. The lowest BCUT2D eigenvalue weighted by molar-refractivity contribution is 0.213. The van der Waals surface area contributed by atoms with E-state index in [4.69, 9.17) is 15.2 Å². The van der Waals surface area contributed by atoms with Crippen LogP contribution in [0.1, 0.15) is 32.3 Å². The number of nitrogens with zero attached hydrogens (tertiary/aromatic N) is 4. The molecule has 0 saturated carbocycles. The highest BCUT2D eigenvalue weighted by Gasteiger charge is 2.54. The molecule has 1 aliphatic heterocycles. The van der Waals surface area contributed by atoms with E-state index < -0.39 is 11.3 Å². The average molecular weight is 418 g/mol. The number of nitrogens with two attached hydrogens (primary N) is 1. The minimum Gasteiger partial charge on any atom is -0.493 e. The zero-order valence-electron chi connectivity index (χ0n) is 18.3. The first-order valence-electron chi connectivity index (χ1n) is 10.4. The zero-order chi connectivity index (χ0) is 22.8. The molecule has 2 N–H and O–H groups in total. The normalized spacial score (nSPS) is 22.6. The van der Waals surface area contributed by atoms with Gasteiger partial charge < -0.3 is 15.2 Å². The standard InChI is InChI=1S/C24H27N5O2/c1-5-29-9-8-17-18(11-25)23(28)24(13-26,14-27)22(19(17)12-29)16-6-7-20(31-15(2)3)21(10-16)30-4/h6-8,10,15,19,22H,5,9,12,28H2,1-4H3/t19-,22-/m0/s1. The number of benzene rings is 1. The van der Waals surface area contributed by atoms with Crippen LogP contribution in [0, 0.1) is 45.3 Å². The number of methoxy groups -OCH3 is 1. The summed E-state index contributed by atoms with van der Waals surface area (Å²) in [5.74, 6) is 0.337. The molecule has 1 aromatic carbocycles. The van der Waals surface area contributed by atoms with Gasteiger partial charge in [-0.2, -0.15) is 15.8 Å². The topological polar surface area (TPSA) is 119 Å². The van der Waals surface area contributed by atoms with Crippen molar-refractivity contribution in [2.45, 2.75) is 32.8 Å². The Morgan fingerprint density at radius 3 is 2.48 bits per heavy atom. The molecular formula is C24H27N5O2. The third-order valence-corrected chi connectivity index (χ3v) is 6.10. The molecule has 0 unspecified atom stereocenters. The van der Waals surface area contributed by atoms with E-state index in [1.807, 2.05) is 32.1 Å². The number of likely N-dealkylation sites (N-methyl/N-ethyl adjacent to an activating group) is 1. The van der Waals surface area contributed by atoms with Crippen molar-refractivity contribution in [1.82, 2.24) is 4.90 Å². The Kier molecular flexibility index (Phi) is 6.25. The van der Waals surface area contributed by atoms with E-state index in [0.29, 0.717) is 24.6 Å². The fourth-order valence-electron chi connectivity index (χ4n) is 4.60. The van der Waals surface area contributed by atoms with Gasteiger partial charge in [0, 0.05) is 24.9 Å². The van der Waals surface area contributed by atoms with E-state index in [-0.39, 0.29) is 23.3 Å². The van der Waals surface area contributed by atoms with Crippen LogP contribution in [0.4, 0.5) is 0 Å². The largest absolute Gasteiger partial charge is 0.493 e. The number of allylic oxidation sites excluding steroid dienone is 2. The number of ether oxygens (including phenoxy) is 2. The minimum absolute atomic E-state index is 0.0268. The van der Waals surface area contributed by atoms with Crippen LogP contribution in [0.2, 0.25) is 0 Å². The molecule has 1 aliphatic carbocycles. The Morgan fingerprint density at radius 2 is 1.94 bits per heavy atom. The predicted octanol–water partition coefficient (Wildman–Crippen LogP) is 3.23. The number of hydrogen-bond donors (Lipinski definition) is 1. The van der Waals surface area contributed by atoms with Crippen LogP contribution in [0.5, 0.6) is 11.5 Å². The van der Waals surface area contributed by atoms with Crippen molar-refractivity contribution in [2.75, 3.05) is 26.7 Å². The third kappa shape index (κ3) is 3.61. The lowest BCUT2D eigenvalue weighted by Gasteiger charge is -2.45. The summed E-state index contributed by atoms with van der Waals surface area (Å²) >= 11 is 0. The summed E-state index contributed by atoms with van der Waals surface area (Å²) in [7, 11) is 1.56. The number of hydrogen-bond acceptors (Lipinski definition) is 7. The van der Waals surface area contributed by atoms with Crippen molar-refractivity contribution in [3.8, 4) is 29.7 Å². The maximum atomic E-state index is 10.2. The van der Waals surface area contributed by atoms with Crippen molar-refractivity contribution < 1.29 is 9.47 Å². The maximum absolute atomic E-state index is 10.2. The molecular weight excluding hydrogens is 390 g/mol. The van der Waals surface area contributed by atoms with E-state index in [1.165, 1.54) is 0 Å². The van der Waals surface area contributed by atoms with Gasteiger partial charge in [-0.1, -0.05) is 19.1 Å². The molecule has 160 valence electrons. The summed E-state index contributed by atoms with van der Waals surface area (Å²) in [5.41, 5.74) is 6.56. The van der Waals surface area contributed by atoms with Crippen molar-refractivity contribution in [3.05, 3.63) is 46.7 Å². The van der Waals surface area contributed by atoms with Gasteiger partial charge in [0.1, 0.15) is 6.07 Å². The first-order chi connectivity index (χ1) is 14.9. The van der Waals surface area contributed by atoms with Gasteiger partial charge in [0.15, 0.2) is 16.9 Å². The molecule has 1 heterocycles. The van der Waals surface area contributed by atoms with Gasteiger partial charge in [-0.05, 0) is 43.7 Å². The Balaban J connectivity index is 2.26. The fraction of sp³-hybridized carbons (Fsp3) is 0.458. The van der Waals surface area contributed by atoms with Crippen LogP contribution in [-0.2, 0) is 0 Å². The predicted molar refractivity (Wildman–Crippen MR) is 116 cm³/mol. The Morgan fingerprint density at radius 1 is 1.23 bits per heavy atom. The summed E-state index contributed by atoms with van der Waals surface area (Å²) in [6.07, 6.45) is 1.97. The van der Waals surface area contributed by atoms with Gasteiger partial charge in [-0.25, -0.2) is 0 Å². The van der Waals surface area contributed by atoms with E-state index in [1.54, 1.807) is 13.2 Å². The minimum atomic E-state index is -1.66. The molecule has 0 amide bonds. The van der Waals surface area contributed by atoms with Gasteiger partial charge in [0.05, 0.1) is 36.6 Å². The lowest BCUT2D eigenvalue weighted by Crippen LogP contribution is -2.48. The zero-order valence-corrected chi connectivity index (χ0v) is 18.3. The molecule has 7 nitrogen and oxygen atoms in total. The smallest absolute Gasteiger partial charge is 0.191 e. The van der Waals surface area contributed by atoms with Gasteiger partial charge in [-0.3, -0.25) is 4.90 Å². The molecule has 0 bridgehead atoms. The average Bonchev–Trinajstić information content (AvgIpc) is 2.78. The highest BCUT2D eigenvalue weighted by molar-refractivity contribution is 5.60. The molecule has 0 aromatic heterocycles. The summed E-state index contributed by atoms with van der Waals surface area (Å²) in [5, 5.41) is 30.2. The number of rotatable bonds is 5. The number of nitriles is 3. The summed E-state index contributed by atoms with van der Waals surface area (Å²) < 4.78 is 11.4. The fourth-order valence-corrected chi connectivity index (χ4v) is 4.60. The lowest BCUT2D eigenvalue weighted by atomic mass is 9.58. The van der Waals surface area contributed by atoms with Crippen LogP contribution >= 0.6 is 0 Å². The monoisotopic (exact) mass is 417 g/mol. The maximum Gasteiger partial charge on any atom is 0.191 e. The van der Waals surface area contributed by atoms with E-state index in [9.17, 15) is 15.8 Å². The van der Waals surface area contributed by atoms with Gasteiger partial charge >= 0.3 is 0 Å². The van der Waals surface area contributed by atoms with E-state index >= 15 is 0 Å². The van der Waals surface area contributed by atoms with Crippen molar-refractivity contribution in [1.29, 1.82) is 15.8 Å². The number of fused-ring (bicyclic) bond motifs is 1. The molecule has 7 heteroatoms. The van der Waals surface area contributed by atoms with Crippen LogP contribution in [0.25, 0.3) is 0 Å².